The quantitative estimate of drug-likeness (QED) is 0.711. The zero-order valence-electron chi connectivity index (χ0n) is 13.3. The first-order valence-electron chi connectivity index (χ1n) is 7.61. The van der Waals surface area contributed by atoms with Crippen LogP contribution in [-0.2, 0) is 16.6 Å². The minimum absolute atomic E-state index is 0.230. The largest absolute Gasteiger partial charge is 0.264 e. The van der Waals surface area contributed by atoms with Crippen LogP contribution in [0.15, 0.2) is 84.0 Å². The lowest BCUT2D eigenvalue weighted by Gasteiger charge is -2.24. The van der Waals surface area contributed by atoms with E-state index in [1.54, 1.807) is 54.9 Å². The topological polar surface area (TPSA) is 50.3 Å². The van der Waals surface area contributed by atoms with Crippen LogP contribution in [0.3, 0.4) is 0 Å². The minimum atomic E-state index is -3.66. The van der Waals surface area contributed by atoms with Crippen LogP contribution in [0.2, 0.25) is 0 Å². The Morgan fingerprint density at radius 2 is 1.62 bits per heavy atom. The van der Waals surface area contributed by atoms with Gasteiger partial charge in [0, 0.05) is 12.4 Å². The number of benzene rings is 2. The number of nitrogens with zero attached hydrogens (tertiary/aromatic N) is 2. The predicted molar refractivity (Wildman–Crippen MR) is 95.2 cm³/mol. The smallest absolute Gasteiger partial charge is 0.264 e. The van der Waals surface area contributed by atoms with Crippen molar-refractivity contribution in [2.45, 2.75) is 18.4 Å². The van der Waals surface area contributed by atoms with Gasteiger partial charge in [-0.15, -0.1) is 0 Å². The van der Waals surface area contributed by atoms with Crippen LogP contribution >= 0.6 is 0 Å². The van der Waals surface area contributed by atoms with E-state index in [9.17, 15) is 8.42 Å². The molecule has 2 aromatic carbocycles. The Bertz CT molecular complexity index is 893. The third-order valence-electron chi connectivity index (χ3n) is 3.70. The van der Waals surface area contributed by atoms with E-state index < -0.39 is 10.0 Å². The number of anilines is 1. The van der Waals surface area contributed by atoms with Gasteiger partial charge in [0.2, 0.25) is 0 Å². The van der Waals surface area contributed by atoms with Crippen molar-refractivity contribution in [3.8, 4) is 0 Å². The SMILES string of the molecule is Cc1ccc(S(=O)(=O)N(Cc2cccnc2)c2ccccc2)cc1. The number of pyridine rings is 1. The molecule has 122 valence electrons. The summed E-state index contributed by atoms with van der Waals surface area (Å²) in [6.07, 6.45) is 3.35. The lowest BCUT2D eigenvalue weighted by atomic mass is 10.2. The van der Waals surface area contributed by atoms with Gasteiger partial charge in [0.25, 0.3) is 10.0 Å². The van der Waals surface area contributed by atoms with Crippen molar-refractivity contribution in [3.63, 3.8) is 0 Å². The molecule has 0 atom stereocenters. The molecule has 0 fully saturated rings. The van der Waals surface area contributed by atoms with Gasteiger partial charge in [-0.25, -0.2) is 8.42 Å². The molecule has 4 nitrogen and oxygen atoms in total. The number of rotatable bonds is 5. The molecule has 3 aromatic rings. The van der Waals surface area contributed by atoms with E-state index in [0.29, 0.717) is 5.69 Å². The van der Waals surface area contributed by atoms with E-state index in [0.717, 1.165) is 11.1 Å². The highest BCUT2D eigenvalue weighted by Crippen LogP contribution is 2.25. The van der Waals surface area contributed by atoms with E-state index in [1.165, 1.54) is 4.31 Å². The molecular weight excluding hydrogens is 320 g/mol. The highest BCUT2D eigenvalue weighted by molar-refractivity contribution is 7.92. The molecule has 0 N–H and O–H groups in total. The molecule has 0 amide bonds. The lowest BCUT2D eigenvalue weighted by molar-refractivity contribution is 0.590. The van der Waals surface area contributed by atoms with E-state index in [4.69, 9.17) is 0 Å². The normalized spacial score (nSPS) is 11.2. The van der Waals surface area contributed by atoms with Crippen molar-refractivity contribution >= 4 is 15.7 Å². The van der Waals surface area contributed by atoms with Crippen molar-refractivity contribution in [2.24, 2.45) is 0 Å². The molecule has 24 heavy (non-hydrogen) atoms. The van der Waals surface area contributed by atoms with E-state index in [2.05, 4.69) is 4.98 Å². The molecule has 0 spiro atoms. The fourth-order valence-electron chi connectivity index (χ4n) is 2.40. The predicted octanol–water partition coefficient (Wildman–Crippen LogP) is 3.79. The maximum atomic E-state index is 13.2. The maximum Gasteiger partial charge on any atom is 0.264 e. The monoisotopic (exact) mass is 338 g/mol. The maximum absolute atomic E-state index is 13.2. The minimum Gasteiger partial charge on any atom is -0.264 e. The Kier molecular flexibility index (Phi) is 4.62. The van der Waals surface area contributed by atoms with Gasteiger partial charge in [-0.1, -0.05) is 42.0 Å². The molecule has 0 radical (unpaired) electrons. The Hall–Kier alpha value is -2.66. The molecular formula is C19H18N2O2S. The van der Waals surface area contributed by atoms with Gasteiger partial charge in [0.05, 0.1) is 17.1 Å². The molecule has 0 aliphatic heterocycles. The van der Waals surface area contributed by atoms with Crippen molar-refractivity contribution in [3.05, 3.63) is 90.3 Å². The van der Waals surface area contributed by atoms with Crippen LogP contribution < -0.4 is 4.31 Å². The lowest BCUT2D eigenvalue weighted by Crippen LogP contribution is -2.30. The molecule has 1 heterocycles. The van der Waals surface area contributed by atoms with E-state index >= 15 is 0 Å². The van der Waals surface area contributed by atoms with Crippen LogP contribution in [-0.4, -0.2) is 13.4 Å². The zero-order chi connectivity index (χ0) is 17.0. The summed E-state index contributed by atoms with van der Waals surface area (Å²) >= 11 is 0. The number of hydrogen-bond acceptors (Lipinski definition) is 3. The third-order valence-corrected chi connectivity index (χ3v) is 5.49. The van der Waals surface area contributed by atoms with Gasteiger partial charge < -0.3 is 0 Å². The Morgan fingerprint density at radius 3 is 2.25 bits per heavy atom. The molecule has 5 heteroatoms. The molecule has 0 aliphatic rings. The average molecular weight is 338 g/mol. The second-order valence-electron chi connectivity index (χ2n) is 5.52. The summed E-state index contributed by atoms with van der Waals surface area (Å²) in [4.78, 5) is 4.35. The Labute approximate surface area is 142 Å². The van der Waals surface area contributed by atoms with E-state index in [-0.39, 0.29) is 11.4 Å². The van der Waals surface area contributed by atoms with Gasteiger partial charge in [-0.3, -0.25) is 9.29 Å². The fraction of sp³-hybridized carbons (Fsp3) is 0.105. The van der Waals surface area contributed by atoms with Crippen LogP contribution in [0.25, 0.3) is 0 Å². The summed E-state index contributed by atoms with van der Waals surface area (Å²) in [6.45, 7) is 2.16. The number of sulfonamides is 1. The highest BCUT2D eigenvalue weighted by atomic mass is 32.2. The molecule has 0 saturated heterocycles. The number of hydrogen-bond donors (Lipinski definition) is 0. The van der Waals surface area contributed by atoms with Gasteiger partial charge in [0.1, 0.15) is 0 Å². The van der Waals surface area contributed by atoms with Crippen LogP contribution in [0.1, 0.15) is 11.1 Å². The summed E-state index contributed by atoms with van der Waals surface area (Å²) < 4.78 is 27.7. The van der Waals surface area contributed by atoms with Gasteiger partial charge >= 0.3 is 0 Å². The van der Waals surface area contributed by atoms with Gasteiger partial charge in [0.15, 0.2) is 0 Å². The highest BCUT2D eigenvalue weighted by Gasteiger charge is 2.25. The summed E-state index contributed by atoms with van der Waals surface area (Å²) in [7, 11) is -3.66. The van der Waals surface area contributed by atoms with Crippen molar-refractivity contribution in [1.82, 2.24) is 4.98 Å². The standard InChI is InChI=1S/C19H18N2O2S/c1-16-9-11-19(12-10-16)24(22,23)21(18-7-3-2-4-8-18)15-17-6-5-13-20-14-17/h2-14H,15H2,1H3. The Balaban J connectivity index is 2.05. The first kappa shape index (κ1) is 16.2. The summed E-state index contributed by atoms with van der Waals surface area (Å²) in [5, 5.41) is 0. The molecule has 3 rings (SSSR count). The first-order chi connectivity index (χ1) is 11.6. The average Bonchev–Trinajstić information content (AvgIpc) is 2.61. The molecule has 1 aromatic heterocycles. The summed E-state index contributed by atoms with van der Waals surface area (Å²) in [5.41, 5.74) is 2.48. The van der Waals surface area contributed by atoms with Crippen LogP contribution in [0.5, 0.6) is 0 Å². The van der Waals surface area contributed by atoms with Crippen molar-refractivity contribution in [2.75, 3.05) is 4.31 Å². The molecule has 0 aliphatic carbocycles. The Morgan fingerprint density at radius 1 is 0.917 bits per heavy atom. The fourth-order valence-corrected chi connectivity index (χ4v) is 3.86. The second kappa shape index (κ2) is 6.84. The van der Waals surface area contributed by atoms with Gasteiger partial charge in [-0.2, -0.15) is 0 Å². The number of para-hydroxylation sites is 1. The zero-order valence-corrected chi connectivity index (χ0v) is 14.1. The number of aryl methyl sites for hydroxylation is 1. The van der Waals surface area contributed by atoms with Gasteiger partial charge in [-0.05, 0) is 42.8 Å². The molecule has 0 bridgehead atoms. The van der Waals surface area contributed by atoms with E-state index in [1.807, 2.05) is 31.2 Å². The molecule has 0 saturated carbocycles. The second-order valence-corrected chi connectivity index (χ2v) is 7.38. The van der Waals surface area contributed by atoms with Crippen molar-refractivity contribution < 1.29 is 8.42 Å². The molecule has 0 unspecified atom stereocenters. The van der Waals surface area contributed by atoms with Crippen LogP contribution in [0, 0.1) is 6.92 Å². The third kappa shape index (κ3) is 3.46. The summed E-state index contributed by atoms with van der Waals surface area (Å²) in [5.74, 6) is 0. The van der Waals surface area contributed by atoms with Crippen molar-refractivity contribution in [1.29, 1.82) is 0 Å². The van der Waals surface area contributed by atoms with Crippen LogP contribution in [0.4, 0.5) is 5.69 Å². The number of aromatic nitrogens is 1. The first-order valence-corrected chi connectivity index (χ1v) is 9.05. The summed E-state index contributed by atoms with van der Waals surface area (Å²) in [6, 6.07) is 19.7.